The van der Waals surface area contributed by atoms with Gasteiger partial charge in [-0.2, -0.15) is 0 Å². The molecule has 0 atom stereocenters. The number of anilines is 1. The Morgan fingerprint density at radius 3 is 2.69 bits per heavy atom. The largest absolute Gasteiger partial charge is 0.504 e. The Balaban J connectivity index is 1.63. The standard InChI is InChI=1S/C22H28N2O5/c1-27-10-11-29-15-17-4-3-5-18(12-17)23-22(26)24(19-7-8-19)14-16-6-9-20(25)21(13-16)28-2/h3-6,9,12-13,19,25H,7-8,10-11,14-15H2,1-2H3,(H,23,26). The van der Waals surface area contributed by atoms with E-state index in [4.69, 9.17) is 14.2 Å². The third-order valence-electron chi connectivity index (χ3n) is 4.72. The van der Waals surface area contributed by atoms with E-state index in [1.165, 1.54) is 7.11 Å². The summed E-state index contributed by atoms with van der Waals surface area (Å²) >= 11 is 0. The van der Waals surface area contributed by atoms with Crippen molar-refractivity contribution in [2.24, 2.45) is 0 Å². The lowest BCUT2D eigenvalue weighted by Gasteiger charge is -2.23. The number of hydrogen-bond donors (Lipinski definition) is 2. The van der Waals surface area contributed by atoms with Gasteiger partial charge < -0.3 is 29.5 Å². The fraction of sp³-hybridized carbons (Fsp3) is 0.409. The molecule has 2 amide bonds. The minimum absolute atomic E-state index is 0.0863. The lowest BCUT2D eigenvalue weighted by Crippen LogP contribution is -2.36. The summed E-state index contributed by atoms with van der Waals surface area (Å²) in [5, 5.41) is 12.8. The zero-order valence-corrected chi connectivity index (χ0v) is 16.9. The van der Waals surface area contributed by atoms with Crippen molar-refractivity contribution in [3.63, 3.8) is 0 Å². The van der Waals surface area contributed by atoms with Gasteiger partial charge in [0.2, 0.25) is 0 Å². The number of carbonyl (C=O) groups excluding carboxylic acids is 1. The minimum Gasteiger partial charge on any atom is -0.504 e. The average molecular weight is 400 g/mol. The Morgan fingerprint density at radius 2 is 1.97 bits per heavy atom. The molecule has 0 aliphatic heterocycles. The van der Waals surface area contributed by atoms with Crippen LogP contribution in [0.5, 0.6) is 11.5 Å². The molecule has 0 heterocycles. The van der Waals surface area contributed by atoms with Gasteiger partial charge in [-0.15, -0.1) is 0 Å². The molecule has 2 aromatic carbocycles. The smallest absolute Gasteiger partial charge is 0.322 e. The first kappa shape index (κ1) is 21.0. The molecule has 29 heavy (non-hydrogen) atoms. The van der Waals surface area contributed by atoms with Gasteiger partial charge in [0, 0.05) is 25.4 Å². The first-order valence-electron chi connectivity index (χ1n) is 9.70. The molecule has 156 valence electrons. The van der Waals surface area contributed by atoms with Crippen molar-refractivity contribution in [1.29, 1.82) is 0 Å². The number of benzene rings is 2. The summed E-state index contributed by atoms with van der Waals surface area (Å²) in [5.74, 6) is 0.489. The number of phenolic OH excluding ortho intramolecular Hbond substituents is 1. The van der Waals surface area contributed by atoms with E-state index in [1.807, 2.05) is 29.2 Å². The molecule has 2 aromatic rings. The number of nitrogens with zero attached hydrogens (tertiary/aromatic N) is 1. The van der Waals surface area contributed by atoms with Crippen LogP contribution in [0.25, 0.3) is 0 Å². The molecule has 3 rings (SSSR count). The summed E-state index contributed by atoms with van der Waals surface area (Å²) in [5.41, 5.74) is 2.62. The van der Waals surface area contributed by atoms with E-state index in [0.717, 1.165) is 29.7 Å². The predicted molar refractivity (Wildman–Crippen MR) is 110 cm³/mol. The summed E-state index contributed by atoms with van der Waals surface area (Å²) in [6.45, 7) is 1.99. The lowest BCUT2D eigenvalue weighted by atomic mass is 10.2. The van der Waals surface area contributed by atoms with E-state index in [1.54, 1.807) is 25.3 Å². The zero-order valence-electron chi connectivity index (χ0n) is 16.9. The van der Waals surface area contributed by atoms with Gasteiger partial charge in [-0.05, 0) is 48.2 Å². The second-order valence-electron chi connectivity index (χ2n) is 7.04. The van der Waals surface area contributed by atoms with E-state index in [9.17, 15) is 9.90 Å². The van der Waals surface area contributed by atoms with Crippen LogP contribution >= 0.6 is 0 Å². The molecule has 0 aromatic heterocycles. The number of nitrogens with one attached hydrogen (secondary N) is 1. The average Bonchev–Trinajstić information content (AvgIpc) is 3.56. The molecule has 1 aliphatic rings. The van der Waals surface area contributed by atoms with Crippen LogP contribution in [0.4, 0.5) is 10.5 Å². The van der Waals surface area contributed by atoms with E-state index in [0.29, 0.717) is 32.1 Å². The molecular weight excluding hydrogens is 372 g/mol. The van der Waals surface area contributed by atoms with E-state index >= 15 is 0 Å². The van der Waals surface area contributed by atoms with Crippen molar-refractivity contribution in [2.45, 2.75) is 32.0 Å². The van der Waals surface area contributed by atoms with Crippen molar-refractivity contribution >= 4 is 11.7 Å². The Kier molecular flexibility index (Phi) is 7.32. The number of hydrogen-bond acceptors (Lipinski definition) is 5. The first-order valence-corrected chi connectivity index (χ1v) is 9.70. The van der Waals surface area contributed by atoms with Gasteiger partial charge in [0.25, 0.3) is 0 Å². The number of rotatable bonds is 10. The van der Waals surface area contributed by atoms with Crippen molar-refractivity contribution in [2.75, 3.05) is 32.8 Å². The van der Waals surface area contributed by atoms with Crippen molar-refractivity contribution in [3.8, 4) is 11.5 Å². The number of aromatic hydroxyl groups is 1. The maximum atomic E-state index is 12.9. The summed E-state index contributed by atoms with van der Waals surface area (Å²) in [4.78, 5) is 14.7. The van der Waals surface area contributed by atoms with Gasteiger partial charge in [0.1, 0.15) is 0 Å². The summed E-state index contributed by atoms with van der Waals surface area (Å²) in [6, 6.07) is 12.9. The topological polar surface area (TPSA) is 80.3 Å². The predicted octanol–water partition coefficient (Wildman–Crippen LogP) is 3.76. The van der Waals surface area contributed by atoms with Crippen LogP contribution in [0.15, 0.2) is 42.5 Å². The molecule has 0 spiro atoms. The molecule has 0 radical (unpaired) electrons. The van der Waals surface area contributed by atoms with Crippen LogP contribution in [0.2, 0.25) is 0 Å². The van der Waals surface area contributed by atoms with E-state index in [-0.39, 0.29) is 17.8 Å². The number of phenols is 1. The zero-order chi connectivity index (χ0) is 20.6. The highest BCUT2D eigenvalue weighted by Crippen LogP contribution is 2.31. The summed E-state index contributed by atoms with van der Waals surface area (Å²) in [6.07, 6.45) is 1.99. The second kappa shape index (κ2) is 10.1. The molecule has 7 nitrogen and oxygen atoms in total. The Morgan fingerprint density at radius 1 is 1.14 bits per heavy atom. The highest BCUT2D eigenvalue weighted by Gasteiger charge is 2.32. The molecule has 0 bridgehead atoms. The number of methoxy groups -OCH3 is 2. The summed E-state index contributed by atoms with van der Waals surface area (Å²) in [7, 11) is 3.15. The molecule has 0 unspecified atom stereocenters. The van der Waals surface area contributed by atoms with Gasteiger partial charge >= 0.3 is 6.03 Å². The minimum atomic E-state index is -0.142. The maximum Gasteiger partial charge on any atom is 0.322 e. The van der Waals surface area contributed by atoms with Crippen LogP contribution < -0.4 is 10.1 Å². The van der Waals surface area contributed by atoms with Gasteiger partial charge in [0.05, 0.1) is 26.9 Å². The van der Waals surface area contributed by atoms with Gasteiger partial charge in [0.15, 0.2) is 11.5 Å². The first-order chi connectivity index (χ1) is 14.1. The number of carbonyl (C=O) groups is 1. The SMILES string of the molecule is COCCOCc1cccc(NC(=O)N(Cc2ccc(O)c(OC)c2)C2CC2)c1. The fourth-order valence-corrected chi connectivity index (χ4v) is 3.04. The molecular formula is C22H28N2O5. The third kappa shape index (κ3) is 6.10. The van der Waals surface area contributed by atoms with E-state index < -0.39 is 0 Å². The normalized spacial score (nSPS) is 13.2. The quantitative estimate of drug-likeness (QED) is 0.594. The molecule has 2 N–H and O–H groups in total. The monoisotopic (exact) mass is 400 g/mol. The Hall–Kier alpha value is -2.77. The summed E-state index contributed by atoms with van der Waals surface area (Å²) < 4.78 is 15.7. The highest BCUT2D eigenvalue weighted by atomic mass is 16.5. The van der Waals surface area contributed by atoms with Crippen molar-refractivity contribution in [1.82, 2.24) is 4.90 Å². The van der Waals surface area contributed by atoms with Crippen LogP contribution in [0.3, 0.4) is 0 Å². The molecule has 1 saturated carbocycles. The molecule has 7 heteroatoms. The van der Waals surface area contributed by atoms with Gasteiger partial charge in [-0.25, -0.2) is 4.79 Å². The highest BCUT2D eigenvalue weighted by molar-refractivity contribution is 5.89. The Bertz CT molecular complexity index is 823. The lowest BCUT2D eigenvalue weighted by molar-refractivity contribution is 0.0617. The number of urea groups is 1. The fourth-order valence-electron chi connectivity index (χ4n) is 3.04. The molecule has 1 aliphatic carbocycles. The van der Waals surface area contributed by atoms with E-state index in [2.05, 4.69) is 5.32 Å². The van der Waals surface area contributed by atoms with Gasteiger partial charge in [-0.1, -0.05) is 18.2 Å². The molecule has 0 saturated heterocycles. The van der Waals surface area contributed by atoms with Gasteiger partial charge in [-0.3, -0.25) is 0 Å². The third-order valence-corrected chi connectivity index (χ3v) is 4.72. The van der Waals surface area contributed by atoms with Crippen LogP contribution in [-0.4, -0.2) is 49.5 Å². The maximum absolute atomic E-state index is 12.9. The number of ether oxygens (including phenoxy) is 3. The van der Waals surface area contributed by atoms with Crippen LogP contribution in [0.1, 0.15) is 24.0 Å². The van der Waals surface area contributed by atoms with Crippen molar-refractivity contribution in [3.05, 3.63) is 53.6 Å². The number of amides is 2. The molecule has 1 fully saturated rings. The van der Waals surface area contributed by atoms with Crippen LogP contribution in [-0.2, 0) is 22.6 Å². The second-order valence-corrected chi connectivity index (χ2v) is 7.04. The van der Waals surface area contributed by atoms with Crippen LogP contribution in [0, 0.1) is 0 Å². The Labute approximate surface area is 171 Å². The van der Waals surface area contributed by atoms with Crippen molar-refractivity contribution < 1.29 is 24.1 Å².